The van der Waals surface area contributed by atoms with E-state index in [9.17, 15) is 13.2 Å². The van der Waals surface area contributed by atoms with Crippen LogP contribution in [0.5, 0.6) is 0 Å². The third-order valence-electron chi connectivity index (χ3n) is 4.80. The summed E-state index contributed by atoms with van der Waals surface area (Å²) < 4.78 is 25.7. The fourth-order valence-corrected chi connectivity index (χ4v) is 4.08. The Morgan fingerprint density at radius 1 is 1.17 bits per heavy atom. The van der Waals surface area contributed by atoms with E-state index in [0.717, 1.165) is 45.7 Å². The number of rotatable bonds is 4. The molecule has 2 aliphatic heterocycles. The summed E-state index contributed by atoms with van der Waals surface area (Å²) in [5, 5.41) is 3.34. The Labute approximate surface area is 143 Å². The van der Waals surface area contributed by atoms with Crippen molar-refractivity contribution < 1.29 is 13.2 Å². The molecule has 0 saturated carbocycles. The molecule has 24 heavy (non-hydrogen) atoms. The molecule has 0 bridgehead atoms. The van der Waals surface area contributed by atoms with Gasteiger partial charge in [0.15, 0.2) is 0 Å². The fourth-order valence-electron chi connectivity index (χ4n) is 3.35. The van der Waals surface area contributed by atoms with Crippen LogP contribution in [-0.4, -0.2) is 76.5 Å². The van der Waals surface area contributed by atoms with Gasteiger partial charge in [0.05, 0.1) is 4.90 Å². The van der Waals surface area contributed by atoms with Crippen molar-refractivity contribution in [3.63, 3.8) is 0 Å². The van der Waals surface area contributed by atoms with Gasteiger partial charge in [0, 0.05) is 50.9 Å². The summed E-state index contributed by atoms with van der Waals surface area (Å²) in [4.78, 5) is 17.1. The first kappa shape index (κ1) is 17.3. The Morgan fingerprint density at radius 2 is 1.83 bits per heavy atom. The molecule has 2 saturated heterocycles. The monoisotopic (exact) mass is 352 g/mol. The zero-order valence-electron chi connectivity index (χ0n) is 13.9. The molecule has 0 spiro atoms. The van der Waals surface area contributed by atoms with Gasteiger partial charge in [0.2, 0.25) is 10.0 Å². The van der Waals surface area contributed by atoms with Gasteiger partial charge in [-0.1, -0.05) is 0 Å². The first-order valence-electron chi connectivity index (χ1n) is 8.29. The summed E-state index contributed by atoms with van der Waals surface area (Å²) >= 11 is 0. The van der Waals surface area contributed by atoms with Crippen LogP contribution in [0, 0.1) is 0 Å². The second-order valence-corrected chi connectivity index (χ2v) is 8.10. The Bertz CT molecular complexity index is 684. The first-order valence-corrected chi connectivity index (χ1v) is 9.77. The number of nitrogens with one attached hydrogen (secondary N) is 2. The van der Waals surface area contributed by atoms with Crippen molar-refractivity contribution >= 4 is 15.9 Å². The lowest BCUT2D eigenvalue weighted by Crippen LogP contribution is -2.49. The van der Waals surface area contributed by atoms with E-state index < -0.39 is 10.0 Å². The van der Waals surface area contributed by atoms with Crippen LogP contribution in [0.4, 0.5) is 0 Å². The Morgan fingerprint density at radius 3 is 2.46 bits per heavy atom. The topological polar surface area (TPSA) is 81.8 Å². The molecule has 2 aliphatic rings. The molecule has 1 unspecified atom stereocenters. The van der Waals surface area contributed by atoms with Crippen molar-refractivity contribution in [1.29, 1.82) is 0 Å². The van der Waals surface area contributed by atoms with E-state index in [0.29, 0.717) is 11.6 Å². The largest absolute Gasteiger partial charge is 0.337 e. The maximum absolute atomic E-state index is 12.6. The predicted molar refractivity (Wildman–Crippen MR) is 91.4 cm³/mol. The highest BCUT2D eigenvalue weighted by Crippen LogP contribution is 2.19. The van der Waals surface area contributed by atoms with Crippen molar-refractivity contribution in [3.05, 3.63) is 29.8 Å². The molecule has 8 heteroatoms. The summed E-state index contributed by atoms with van der Waals surface area (Å²) in [5.41, 5.74) is 0.533. The average Bonchev–Trinajstić information content (AvgIpc) is 3.12. The SMILES string of the molecule is CNS(=O)(=O)c1ccc(C(=O)N2CCC(N3CCNCC3)C2)cc1. The van der Waals surface area contributed by atoms with Crippen LogP contribution in [0.3, 0.4) is 0 Å². The number of piperazine rings is 1. The van der Waals surface area contributed by atoms with Gasteiger partial charge in [-0.3, -0.25) is 9.69 Å². The minimum atomic E-state index is -3.47. The first-order chi connectivity index (χ1) is 11.5. The molecule has 2 fully saturated rings. The summed E-state index contributed by atoms with van der Waals surface area (Å²) in [6, 6.07) is 6.56. The van der Waals surface area contributed by atoms with Crippen LogP contribution in [0.25, 0.3) is 0 Å². The molecule has 0 aromatic heterocycles. The molecule has 132 valence electrons. The van der Waals surface area contributed by atoms with Gasteiger partial charge < -0.3 is 10.2 Å². The highest BCUT2D eigenvalue weighted by molar-refractivity contribution is 7.89. The standard InChI is InChI=1S/C16H24N4O3S/c1-17-24(22,23)15-4-2-13(3-5-15)16(21)20-9-6-14(12-20)19-10-7-18-8-11-19/h2-5,14,17-18H,6-12H2,1H3. The van der Waals surface area contributed by atoms with Crippen LogP contribution in [0.1, 0.15) is 16.8 Å². The lowest BCUT2D eigenvalue weighted by molar-refractivity contribution is 0.0773. The fraction of sp³-hybridized carbons (Fsp3) is 0.562. The lowest BCUT2D eigenvalue weighted by Gasteiger charge is -2.32. The third kappa shape index (κ3) is 3.61. The Kier molecular flexibility index (Phi) is 5.19. The number of amides is 1. The lowest BCUT2D eigenvalue weighted by atomic mass is 10.2. The molecule has 2 N–H and O–H groups in total. The van der Waals surface area contributed by atoms with Crippen LogP contribution in [-0.2, 0) is 10.0 Å². The van der Waals surface area contributed by atoms with Crippen LogP contribution in [0.15, 0.2) is 29.2 Å². The number of sulfonamides is 1. The number of carbonyl (C=O) groups is 1. The third-order valence-corrected chi connectivity index (χ3v) is 6.23. The van der Waals surface area contributed by atoms with Crippen LogP contribution in [0.2, 0.25) is 0 Å². The molecular formula is C16H24N4O3S. The van der Waals surface area contributed by atoms with Gasteiger partial charge in [0.1, 0.15) is 0 Å². The summed E-state index contributed by atoms with van der Waals surface area (Å²) in [5.74, 6) is -0.0268. The minimum Gasteiger partial charge on any atom is -0.337 e. The zero-order valence-corrected chi connectivity index (χ0v) is 14.7. The predicted octanol–water partition coefficient (Wildman–Crippen LogP) is -0.286. The second kappa shape index (κ2) is 7.18. The van der Waals surface area contributed by atoms with E-state index in [1.165, 1.54) is 19.2 Å². The molecule has 1 aromatic rings. The molecule has 0 aliphatic carbocycles. The minimum absolute atomic E-state index is 0.0268. The molecule has 2 heterocycles. The average molecular weight is 352 g/mol. The smallest absolute Gasteiger partial charge is 0.253 e. The number of hydrogen-bond donors (Lipinski definition) is 2. The summed E-state index contributed by atoms with van der Waals surface area (Å²) in [7, 11) is -2.10. The zero-order chi connectivity index (χ0) is 17.2. The van der Waals surface area contributed by atoms with E-state index >= 15 is 0 Å². The highest BCUT2D eigenvalue weighted by atomic mass is 32.2. The maximum atomic E-state index is 12.6. The number of benzene rings is 1. The van der Waals surface area contributed by atoms with Gasteiger partial charge in [-0.15, -0.1) is 0 Å². The quantitative estimate of drug-likeness (QED) is 0.779. The van der Waals surface area contributed by atoms with Crippen molar-refractivity contribution in [2.75, 3.05) is 46.3 Å². The maximum Gasteiger partial charge on any atom is 0.253 e. The van der Waals surface area contributed by atoms with E-state index in [4.69, 9.17) is 0 Å². The van der Waals surface area contributed by atoms with Crippen molar-refractivity contribution in [3.8, 4) is 0 Å². The van der Waals surface area contributed by atoms with Gasteiger partial charge in [-0.25, -0.2) is 13.1 Å². The van der Waals surface area contributed by atoms with E-state index in [2.05, 4.69) is 14.9 Å². The molecule has 3 rings (SSSR count). The molecule has 7 nitrogen and oxygen atoms in total. The van der Waals surface area contributed by atoms with Crippen LogP contribution >= 0.6 is 0 Å². The normalized spacial score (nSPS) is 22.7. The number of hydrogen-bond acceptors (Lipinski definition) is 5. The van der Waals surface area contributed by atoms with Crippen LogP contribution < -0.4 is 10.0 Å². The van der Waals surface area contributed by atoms with Crippen molar-refractivity contribution in [2.24, 2.45) is 0 Å². The summed E-state index contributed by atoms with van der Waals surface area (Å²) in [6.07, 6.45) is 0.998. The van der Waals surface area contributed by atoms with Crippen molar-refractivity contribution in [1.82, 2.24) is 19.8 Å². The summed E-state index contributed by atoms with van der Waals surface area (Å²) in [6.45, 7) is 5.57. The number of nitrogens with zero attached hydrogens (tertiary/aromatic N) is 2. The Hall–Kier alpha value is -1.48. The van der Waals surface area contributed by atoms with Gasteiger partial charge >= 0.3 is 0 Å². The van der Waals surface area contributed by atoms with E-state index in [1.807, 2.05) is 4.90 Å². The molecule has 1 atom stereocenters. The van der Waals surface area contributed by atoms with E-state index in [-0.39, 0.29) is 10.8 Å². The molecule has 0 radical (unpaired) electrons. The molecule has 1 amide bonds. The molecule has 1 aromatic carbocycles. The second-order valence-electron chi connectivity index (χ2n) is 6.21. The van der Waals surface area contributed by atoms with Gasteiger partial charge in [0.25, 0.3) is 5.91 Å². The van der Waals surface area contributed by atoms with Gasteiger partial charge in [-0.2, -0.15) is 0 Å². The Balaban J connectivity index is 1.64. The van der Waals surface area contributed by atoms with Crippen molar-refractivity contribution in [2.45, 2.75) is 17.4 Å². The molecular weight excluding hydrogens is 328 g/mol. The number of carbonyl (C=O) groups excluding carboxylic acids is 1. The number of likely N-dealkylation sites (tertiary alicyclic amines) is 1. The van der Waals surface area contributed by atoms with E-state index in [1.54, 1.807) is 12.1 Å². The van der Waals surface area contributed by atoms with Gasteiger partial charge in [-0.05, 0) is 37.7 Å². The highest BCUT2D eigenvalue weighted by Gasteiger charge is 2.31.